The topological polar surface area (TPSA) is 76.8 Å². The Kier molecular flexibility index (Phi) is 3.68. The van der Waals surface area contributed by atoms with E-state index in [1.807, 2.05) is 36.1 Å². The lowest BCUT2D eigenvalue weighted by atomic mass is 10.2. The molecule has 3 aromatic heterocycles. The van der Waals surface area contributed by atoms with Crippen molar-refractivity contribution in [3.05, 3.63) is 54.2 Å². The second-order valence-corrected chi connectivity index (χ2v) is 6.77. The lowest BCUT2D eigenvalue weighted by Crippen LogP contribution is -3.10. The van der Waals surface area contributed by atoms with Crippen molar-refractivity contribution in [3.8, 4) is 0 Å². The normalized spacial score (nSPS) is 15.7. The Morgan fingerprint density at radius 3 is 2.70 bits per heavy atom. The summed E-state index contributed by atoms with van der Waals surface area (Å²) >= 11 is 0. The van der Waals surface area contributed by atoms with E-state index in [0.717, 1.165) is 46.8 Å². The molecule has 1 amide bonds. The Morgan fingerprint density at radius 1 is 1.11 bits per heavy atom. The van der Waals surface area contributed by atoms with Crippen LogP contribution < -0.4 is 4.90 Å². The first-order valence-electron chi connectivity index (χ1n) is 9.04. The van der Waals surface area contributed by atoms with Crippen molar-refractivity contribution in [2.24, 2.45) is 0 Å². The van der Waals surface area contributed by atoms with Crippen LogP contribution in [0.25, 0.3) is 22.1 Å². The molecule has 27 heavy (non-hydrogen) atoms. The van der Waals surface area contributed by atoms with Crippen molar-refractivity contribution in [2.75, 3.05) is 26.2 Å². The van der Waals surface area contributed by atoms with E-state index in [4.69, 9.17) is 8.83 Å². The molecule has 1 aromatic carbocycles. The minimum absolute atomic E-state index is 0.0631. The molecule has 1 saturated heterocycles. The summed E-state index contributed by atoms with van der Waals surface area (Å²) < 4.78 is 11.3. The monoisotopic (exact) mass is 363 g/mol. The molecule has 5 rings (SSSR count). The van der Waals surface area contributed by atoms with Gasteiger partial charge in [-0.25, -0.2) is 4.98 Å². The number of benzene rings is 1. The van der Waals surface area contributed by atoms with Crippen molar-refractivity contribution >= 4 is 33.8 Å². The fourth-order valence-electron chi connectivity index (χ4n) is 3.71. The van der Waals surface area contributed by atoms with E-state index < -0.39 is 0 Å². The molecule has 0 spiro atoms. The van der Waals surface area contributed by atoms with E-state index in [-0.39, 0.29) is 5.91 Å². The highest BCUT2D eigenvalue weighted by Gasteiger charge is 2.30. The molecule has 0 radical (unpaired) electrons. The molecule has 0 aliphatic carbocycles. The summed E-state index contributed by atoms with van der Waals surface area (Å²) in [6.45, 7) is 4.70. The maximum absolute atomic E-state index is 12.5. The quantitative estimate of drug-likeness (QED) is 0.589. The number of nitrogens with zero attached hydrogens (tertiary/aromatic N) is 3. The molecule has 7 nitrogen and oxygen atoms in total. The number of rotatable bonds is 2. The highest BCUT2D eigenvalue weighted by molar-refractivity contribution is 6.04. The maximum atomic E-state index is 12.5. The number of nitrogens with one attached hydrogen (secondary N) is 1. The second-order valence-electron chi connectivity index (χ2n) is 6.77. The van der Waals surface area contributed by atoms with Crippen LogP contribution in [0.3, 0.4) is 0 Å². The molecule has 136 valence electrons. The number of carbonyl (C=O) groups is 1. The van der Waals surface area contributed by atoms with Crippen molar-refractivity contribution in [1.82, 2.24) is 14.9 Å². The van der Waals surface area contributed by atoms with Gasteiger partial charge in [0.25, 0.3) is 11.7 Å². The predicted octanol–water partition coefficient (Wildman–Crippen LogP) is 1.95. The standard InChI is InChI=1S/C20H18N4O3/c1-13-21-17-14-5-2-3-6-15(14)27-18(17)19(22-13)23-8-10-24(11-9-23)20(25)16-7-4-12-26-16/h2-7,12H,8-11H2,1H3/p+1. The molecule has 0 bridgehead atoms. The largest absolute Gasteiger partial charge is 0.459 e. The molecule has 4 aromatic rings. The molecule has 1 aliphatic heterocycles. The SMILES string of the molecule is Cc1nc([NH+]2CCN(C(=O)c3ccco3)CC2)c2oc3ccccc3c2n1. The van der Waals surface area contributed by atoms with Crippen LogP contribution in [-0.4, -0.2) is 47.0 Å². The highest BCUT2D eigenvalue weighted by Crippen LogP contribution is 2.29. The Labute approximate surface area is 155 Å². The van der Waals surface area contributed by atoms with Gasteiger partial charge in [0.1, 0.15) is 30.0 Å². The van der Waals surface area contributed by atoms with Crippen LogP contribution >= 0.6 is 0 Å². The van der Waals surface area contributed by atoms with Gasteiger partial charge in [0.2, 0.25) is 5.58 Å². The number of amides is 1. The number of aryl methyl sites for hydroxylation is 1. The first-order valence-corrected chi connectivity index (χ1v) is 9.04. The first-order chi connectivity index (χ1) is 13.2. The third-order valence-electron chi connectivity index (χ3n) is 5.05. The molecule has 1 fully saturated rings. The average Bonchev–Trinajstić information content (AvgIpc) is 3.35. The van der Waals surface area contributed by atoms with Gasteiger partial charge in [-0.1, -0.05) is 12.1 Å². The van der Waals surface area contributed by atoms with Gasteiger partial charge in [0, 0.05) is 5.39 Å². The number of fused-ring (bicyclic) bond motifs is 3. The van der Waals surface area contributed by atoms with Crippen molar-refractivity contribution < 1.29 is 18.5 Å². The zero-order chi connectivity index (χ0) is 18.4. The highest BCUT2D eigenvalue weighted by atomic mass is 16.3. The molecule has 4 heterocycles. The first kappa shape index (κ1) is 16.0. The van der Waals surface area contributed by atoms with Crippen molar-refractivity contribution in [1.29, 1.82) is 0 Å². The van der Waals surface area contributed by atoms with Crippen LogP contribution in [0.2, 0.25) is 0 Å². The van der Waals surface area contributed by atoms with Gasteiger partial charge in [0.05, 0.1) is 19.4 Å². The molecule has 0 saturated carbocycles. The van der Waals surface area contributed by atoms with Gasteiger partial charge < -0.3 is 13.7 Å². The van der Waals surface area contributed by atoms with E-state index >= 15 is 0 Å². The second kappa shape index (κ2) is 6.21. The summed E-state index contributed by atoms with van der Waals surface area (Å²) in [5.74, 6) is 1.92. The van der Waals surface area contributed by atoms with Gasteiger partial charge in [-0.15, -0.1) is 0 Å². The number of hydrogen-bond acceptors (Lipinski definition) is 5. The molecule has 7 heteroatoms. The number of para-hydroxylation sites is 1. The Balaban J connectivity index is 1.46. The van der Waals surface area contributed by atoms with E-state index in [9.17, 15) is 4.79 Å². The number of hydrogen-bond donors (Lipinski definition) is 1. The zero-order valence-corrected chi connectivity index (χ0v) is 14.9. The summed E-state index contributed by atoms with van der Waals surface area (Å²) in [5.41, 5.74) is 2.41. The van der Waals surface area contributed by atoms with Crippen LogP contribution in [-0.2, 0) is 0 Å². The summed E-state index contributed by atoms with van der Waals surface area (Å²) in [6.07, 6.45) is 1.52. The van der Waals surface area contributed by atoms with Crippen LogP contribution in [0.4, 0.5) is 5.82 Å². The van der Waals surface area contributed by atoms with Gasteiger partial charge >= 0.3 is 0 Å². The number of aromatic nitrogens is 2. The zero-order valence-electron chi connectivity index (χ0n) is 14.9. The fourth-order valence-corrected chi connectivity index (χ4v) is 3.71. The minimum atomic E-state index is -0.0631. The molecular formula is C20H19N4O3+. The number of piperazine rings is 1. The van der Waals surface area contributed by atoms with E-state index in [0.29, 0.717) is 18.8 Å². The Bertz CT molecular complexity index is 1130. The lowest BCUT2D eigenvalue weighted by molar-refractivity contribution is -0.839. The van der Waals surface area contributed by atoms with Crippen molar-refractivity contribution in [3.63, 3.8) is 0 Å². The van der Waals surface area contributed by atoms with E-state index in [2.05, 4.69) is 9.97 Å². The van der Waals surface area contributed by atoms with E-state index in [1.54, 1.807) is 12.1 Å². The summed E-state index contributed by atoms with van der Waals surface area (Å²) in [7, 11) is 0. The predicted molar refractivity (Wildman–Crippen MR) is 99.0 cm³/mol. The smallest absolute Gasteiger partial charge is 0.289 e. The molecule has 0 atom stereocenters. The third-order valence-corrected chi connectivity index (χ3v) is 5.05. The number of quaternary nitrogens is 1. The lowest BCUT2D eigenvalue weighted by Gasteiger charge is -2.30. The summed E-state index contributed by atoms with van der Waals surface area (Å²) in [4.78, 5) is 24.8. The minimum Gasteiger partial charge on any atom is -0.459 e. The maximum Gasteiger partial charge on any atom is 0.289 e. The molecule has 1 aliphatic rings. The fraction of sp³-hybridized carbons (Fsp3) is 0.250. The van der Waals surface area contributed by atoms with Gasteiger partial charge in [-0.2, -0.15) is 4.98 Å². The number of carbonyl (C=O) groups excluding carboxylic acids is 1. The van der Waals surface area contributed by atoms with Crippen LogP contribution in [0.5, 0.6) is 0 Å². The van der Waals surface area contributed by atoms with E-state index in [1.165, 1.54) is 11.2 Å². The average molecular weight is 363 g/mol. The summed E-state index contributed by atoms with van der Waals surface area (Å²) in [5, 5.41) is 1.00. The Morgan fingerprint density at radius 2 is 1.93 bits per heavy atom. The third kappa shape index (κ3) is 2.67. The van der Waals surface area contributed by atoms with Gasteiger partial charge in [-0.3, -0.25) is 9.69 Å². The van der Waals surface area contributed by atoms with Crippen LogP contribution in [0.1, 0.15) is 16.4 Å². The molecular weight excluding hydrogens is 344 g/mol. The van der Waals surface area contributed by atoms with Crippen molar-refractivity contribution in [2.45, 2.75) is 6.92 Å². The molecule has 1 N–H and O–H groups in total. The summed E-state index contributed by atoms with van der Waals surface area (Å²) in [6, 6.07) is 11.3. The van der Waals surface area contributed by atoms with Crippen LogP contribution in [0, 0.1) is 6.92 Å². The van der Waals surface area contributed by atoms with Gasteiger partial charge in [-0.05, 0) is 31.2 Å². The number of furan rings is 2. The van der Waals surface area contributed by atoms with Gasteiger partial charge in [0.15, 0.2) is 5.76 Å². The molecule has 0 unspecified atom stereocenters. The Hall–Kier alpha value is -3.19. The van der Waals surface area contributed by atoms with Crippen LogP contribution in [0.15, 0.2) is 51.5 Å².